The summed E-state index contributed by atoms with van der Waals surface area (Å²) < 4.78 is 26.6. The molecule has 0 radical (unpaired) electrons. The molecule has 1 fully saturated rings. The van der Waals surface area contributed by atoms with Gasteiger partial charge in [-0.1, -0.05) is 6.92 Å². The Kier molecular flexibility index (Phi) is 7.05. The highest BCUT2D eigenvalue weighted by molar-refractivity contribution is 7.86. The van der Waals surface area contributed by atoms with Crippen LogP contribution in [0.15, 0.2) is 0 Å². The Morgan fingerprint density at radius 3 is 2.24 bits per heavy atom. The Morgan fingerprint density at radius 2 is 1.76 bits per heavy atom. The molecule has 1 atom stereocenters. The zero-order valence-electron chi connectivity index (χ0n) is 13.3. The molecule has 1 aliphatic rings. The Balaban J connectivity index is 2.41. The molecule has 1 saturated heterocycles. The van der Waals surface area contributed by atoms with Gasteiger partial charge in [-0.05, 0) is 25.3 Å². The van der Waals surface area contributed by atoms with E-state index in [4.69, 9.17) is 5.73 Å². The van der Waals surface area contributed by atoms with Gasteiger partial charge in [-0.2, -0.15) is 17.0 Å². The van der Waals surface area contributed by atoms with E-state index in [0.29, 0.717) is 45.1 Å². The number of carbonyl (C=O) groups excluding carboxylic acids is 1. The molecule has 0 aromatic rings. The highest BCUT2D eigenvalue weighted by atomic mass is 32.2. The first kappa shape index (κ1) is 18.3. The summed E-state index contributed by atoms with van der Waals surface area (Å²) in [5, 5.41) is 0. The lowest BCUT2D eigenvalue weighted by atomic mass is 10.0. The van der Waals surface area contributed by atoms with Gasteiger partial charge in [0, 0.05) is 46.7 Å². The number of piperazine rings is 1. The molecule has 1 unspecified atom stereocenters. The average molecular weight is 320 g/mol. The number of carbonyl (C=O) groups is 1. The third kappa shape index (κ3) is 5.21. The van der Waals surface area contributed by atoms with E-state index in [1.54, 1.807) is 4.90 Å². The first-order chi connectivity index (χ1) is 9.78. The van der Waals surface area contributed by atoms with E-state index in [-0.39, 0.29) is 5.91 Å². The highest BCUT2D eigenvalue weighted by Gasteiger charge is 2.29. The SMILES string of the molecule is CC(CCN)CCC(=O)N1CCN(S(=O)(=O)N(C)C)CC1. The van der Waals surface area contributed by atoms with Gasteiger partial charge in [0.05, 0.1) is 0 Å². The van der Waals surface area contributed by atoms with Gasteiger partial charge in [0.15, 0.2) is 0 Å². The molecule has 1 amide bonds. The molecule has 8 heteroatoms. The molecule has 1 aliphatic heterocycles. The predicted octanol–water partition coefficient (Wildman–Crippen LogP) is -0.298. The summed E-state index contributed by atoms with van der Waals surface area (Å²) in [4.78, 5) is 13.9. The third-order valence-corrected chi connectivity index (χ3v) is 5.83. The van der Waals surface area contributed by atoms with Gasteiger partial charge < -0.3 is 10.6 Å². The van der Waals surface area contributed by atoms with Crippen molar-refractivity contribution in [2.45, 2.75) is 26.2 Å². The second kappa shape index (κ2) is 8.07. The largest absolute Gasteiger partial charge is 0.340 e. The fourth-order valence-electron chi connectivity index (χ4n) is 2.36. The van der Waals surface area contributed by atoms with E-state index in [0.717, 1.165) is 12.8 Å². The Morgan fingerprint density at radius 1 is 1.19 bits per heavy atom. The lowest BCUT2D eigenvalue weighted by Crippen LogP contribution is -2.53. The molecular formula is C13H28N4O3S. The molecule has 2 N–H and O–H groups in total. The maximum atomic E-state index is 12.1. The summed E-state index contributed by atoms with van der Waals surface area (Å²) in [7, 11) is -0.328. The van der Waals surface area contributed by atoms with Crippen molar-refractivity contribution in [1.82, 2.24) is 13.5 Å². The van der Waals surface area contributed by atoms with Gasteiger partial charge in [-0.15, -0.1) is 0 Å². The van der Waals surface area contributed by atoms with Crippen LogP contribution in [-0.2, 0) is 15.0 Å². The molecular weight excluding hydrogens is 292 g/mol. The van der Waals surface area contributed by atoms with Crippen molar-refractivity contribution in [3.05, 3.63) is 0 Å². The van der Waals surface area contributed by atoms with Crippen LogP contribution < -0.4 is 5.73 Å². The highest BCUT2D eigenvalue weighted by Crippen LogP contribution is 2.14. The van der Waals surface area contributed by atoms with E-state index >= 15 is 0 Å². The lowest BCUT2D eigenvalue weighted by molar-refractivity contribution is -0.132. The summed E-state index contributed by atoms with van der Waals surface area (Å²) in [6, 6.07) is 0. The number of nitrogens with two attached hydrogens (primary N) is 1. The topological polar surface area (TPSA) is 87.0 Å². The number of hydrogen-bond donors (Lipinski definition) is 1. The number of rotatable bonds is 7. The van der Waals surface area contributed by atoms with E-state index < -0.39 is 10.2 Å². The maximum absolute atomic E-state index is 12.1. The van der Waals surface area contributed by atoms with Crippen molar-refractivity contribution in [3.63, 3.8) is 0 Å². The first-order valence-corrected chi connectivity index (χ1v) is 8.84. The molecule has 7 nitrogen and oxygen atoms in total. The van der Waals surface area contributed by atoms with Crippen LogP contribution in [0.1, 0.15) is 26.2 Å². The van der Waals surface area contributed by atoms with E-state index in [1.165, 1.54) is 22.7 Å². The second-order valence-corrected chi connectivity index (χ2v) is 7.93. The lowest BCUT2D eigenvalue weighted by Gasteiger charge is -2.35. The minimum atomic E-state index is -3.37. The van der Waals surface area contributed by atoms with Gasteiger partial charge >= 0.3 is 0 Å². The molecule has 0 aliphatic carbocycles. The standard InChI is InChI=1S/C13H28N4O3S/c1-12(6-7-14)4-5-13(18)16-8-10-17(11-9-16)21(19,20)15(2)3/h12H,4-11,14H2,1-3H3. The maximum Gasteiger partial charge on any atom is 0.281 e. The molecule has 0 aromatic heterocycles. The van der Waals surface area contributed by atoms with Crippen LogP contribution in [-0.4, -0.2) is 74.7 Å². The van der Waals surface area contributed by atoms with Gasteiger partial charge in [0.1, 0.15) is 0 Å². The zero-order valence-corrected chi connectivity index (χ0v) is 14.1. The van der Waals surface area contributed by atoms with Gasteiger partial charge in [0.2, 0.25) is 5.91 Å². The normalized spacial score (nSPS) is 19.0. The average Bonchev–Trinajstić information content (AvgIpc) is 2.45. The van der Waals surface area contributed by atoms with Crippen LogP contribution in [0.3, 0.4) is 0 Å². The molecule has 21 heavy (non-hydrogen) atoms. The van der Waals surface area contributed by atoms with Crippen molar-refractivity contribution in [2.24, 2.45) is 11.7 Å². The van der Waals surface area contributed by atoms with Crippen LogP contribution in [0.4, 0.5) is 0 Å². The summed E-state index contributed by atoms with van der Waals surface area (Å²) in [6.07, 6.45) is 2.29. The fraction of sp³-hybridized carbons (Fsp3) is 0.923. The Labute approximate surface area is 128 Å². The van der Waals surface area contributed by atoms with Crippen molar-refractivity contribution in [1.29, 1.82) is 0 Å². The predicted molar refractivity (Wildman–Crippen MR) is 82.8 cm³/mol. The van der Waals surface area contributed by atoms with Crippen molar-refractivity contribution in [3.8, 4) is 0 Å². The van der Waals surface area contributed by atoms with Crippen molar-refractivity contribution < 1.29 is 13.2 Å². The fourth-order valence-corrected chi connectivity index (χ4v) is 3.44. The van der Waals surface area contributed by atoms with Gasteiger partial charge in [-0.3, -0.25) is 4.79 Å². The number of hydrogen-bond acceptors (Lipinski definition) is 4. The third-order valence-electron chi connectivity index (χ3n) is 3.89. The first-order valence-electron chi connectivity index (χ1n) is 7.44. The van der Waals surface area contributed by atoms with Crippen LogP contribution in [0, 0.1) is 5.92 Å². The minimum Gasteiger partial charge on any atom is -0.340 e. The van der Waals surface area contributed by atoms with Crippen LogP contribution in [0.5, 0.6) is 0 Å². The monoisotopic (exact) mass is 320 g/mol. The van der Waals surface area contributed by atoms with Crippen molar-refractivity contribution >= 4 is 16.1 Å². The Bertz CT molecular complexity index is 431. The molecule has 0 saturated carbocycles. The van der Waals surface area contributed by atoms with Gasteiger partial charge in [0.25, 0.3) is 10.2 Å². The van der Waals surface area contributed by atoms with E-state index in [2.05, 4.69) is 6.92 Å². The molecule has 0 bridgehead atoms. The van der Waals surface area contributed by atoms with Crippen LogP contribution in [0.25, 0.3) is 0 Å². The van der Waals surface area contributed by atoms with Gasteiger partial charge in [-0.25, -0.2) is 0 Å². The molecule has 1 rings (SSSR count). The second-order valence-electron chi connectivity index (χ2n) is 5.79. The summed E-state index contributed by atoms with van der Waals surface area (Å²) in [5.74, 6) is 0.565. The number of nitrogens with zero attached hydrogens (tertiary/aromatic N) is 3. The van der Waals surface area contributed by atoms with Crippen LogP contribution >= 0.6 is 0 Å². The number of amides is 1. The summed E-state index contributed by atoms with van der Waals surface area (Å²) >= 11 is 0. The molecule has 1 heterocycles. The molecule has 0 spiro atoms. The quantitative estimate of drug-likeness (QED) is 0.698. The minimum absolute atomic E-state index is 0.112. The molecule has 124 valence electrons. The van der Waals surface area contributed by atoms with Crippen LogP contribution in [0.2, 0.25) is 0 Å². The van der Waals surface area contributed by atoms with E-state index in [9.17, 15) is 13.2 Å². The smallest absolute Gasteiger partial charge is 0.281 e. The van der Waals surface area contributed by atoms with Crippen molar-refractivity contribution in [2.75, 3.05) is 46.8 Å². The van der Waals surface area contributed by atoms with E-state index in [1.807, 2.05) is 0 Å². The Hall–Kier alpha value is -0.700. The molecule has 0 aromatic carbocycles. The summed E-state index contributed by atoms with van der Waals surface area (Å²) in [5.41, 5.74) is 5.50. The summed E-state index contributed by atoms with van der Waals surface area (Å²) in [6.45, 7) is 4.42. The zero-order chi connectivity index (χ0) is 16.0.